The van der Waals surface area contributed by atoms with Crippen molar-refractivity contribution in [2.45, 2.75) is 0 Å². The van der Waals surface area contributed by atoms with Crippen molar-refractivity contribution >= 4 is 12.4 Å². The van der Waals surface area contributed by atoms with Crippen LogP contribution in [0.5, 0.6) is 11.5 Å². The largest absolute Gasteiger partial charge is 0.507 e. The van der Waals surface area contributed by atoms with Crippen LogP contribution in [0.3, 0.4) is 0 Å². The molecule has 4 heteroatoms. The first-order chi connectivity index (χ1) is 10.2. The van der Waals surface area contributed by atoms with Crippen LogP contribution in [0.25, 0.3) is 0 Å². The molecule has 0 saturated heterocycles. The molecule has 105 valence electrons. The smallest absolute Gasteiger partial charge is 0.217 e. The number of phenols is 2. The molecule has 2 N–H and O–H groups in total. The molecule has 0 saturated carbocycles. The third kappa shape index (κ3) is 4.04. The van der Waals surface area contributed by atoms with Crippen LogP contribution in [0.2, 0.25) is 0 Å². The minimum Gasteiger partial charge on any atom is -0.507 e. The normalized spacial score (nSPS) is 11.5. The molecule has 0 aliphatic carbocycles. The summed E-state index contributed by atoms with van der Waals surface area (Å²) < 4.78 is 0. The molecular weight excluding hydrogens is 264 g/mol. The Balaban J connectivity index is 2.12. The van der Waals surface area contributed by atoms with Gasteiger partial charge in [-0.15, -0.1) is 0 Å². The average Bonchev–Trinajstić information content (AvgIpc) is 2.50. The Morgan fingerprint density at radius 1 is 0.810 bits per heavy atom. The molecule has 0 fully saturated rings. The quantitative estimate of drug-likeness (QED) is 0.825. The number of aromatic hydroxyl groups is 2. The van der Waals surface area contributed by atoms with E-state index in [0.717, 1.165) is 0 Å². The maximum Gasteiger partial charge on any atom is 0.217 e. The Kier molecular flexibility index (Phi) is 4.88. The maximum atomic E-state index is 9.64. The van der Waals surface area contributed by atoms with Crippen molar-refractivity contribution in [3.63, 3.8) is 0 Å². The minimum atomic E-state index is 0.148. The highest BCUT2D eigenvalue weighted by molar-refractivity contribution is 5.85. The molecule has 2 aromatic carbocycles. The van der Waals surface area contributed by atoms with Crippen LogP contribution in [-0.2, 0) is 0 Å². The number of hydrogen-bond acceptors (Lipinski definition) is 4. The number of aliphatic imine (C=N–C) groups is 2. The molecule has 2 rings (SSSR count). The van der Waals surface area contributed by atoms with Crippen molar-refractivity contribution in [1.82, 2.24) is 0 Å². The molecule has 0 aliphatic heterocycles. The van der Waals surface area contributed by atoms with Crippen LogP contribution in [-0.4, -0.2) is 22.6 Å². The van der Waals surface area contributed by atoms with Gasteiger partial charge >= 0.3 is 0 Å². The van der Waals surface area contributed by atoms with E-state index in [4.69, 9.17) is 0 Å². The second-order valence-corrected chi connectivity index (χ2v) is 4.20. The lowest BCUT2D eigenvalue weighted by molar-refractivity contribution is 0.474. The van der Waals surface area contributed by atoms with E-state index in [1.165, 1.54) is 18.5 Å². The second-order valence-electron chi connectivity index (χ2n) is 4.20. The van der Waals surface area contributed by atoms with Gasteiger partial charge in [0.05, 0.1) is 0 Å². The highest BCUT2D eigenvalue weighted by Crippen LogP contribution is 2.16. The summed E-state index contributed by atoms with van der Waals surface area (Å²) in [6.07, 6.45) is 4.89. The molecule has 0 atom stereocenters. The first kappa shape index (κ1) is 14.5. The topological polar surface area (TPSA) is 65.2 Å². The molecule has 0 unspecified atom stereocenters. The van der Waals surface area contributed by atoms with Crippen LogP contribution in [0, 0.1) is 6.17 Å². The van der Waals surface area contributed by atoms with Crippen molar-refractivity contribution in [1.29, 1.82) is 0 Å². The van der Waals surface area contributed by atoms with Gasteiger partial charge in [0.2, 0.25) is 6.17 Å². The lowest BCUT2D eigenvalue weighted by Crippen LogP contribution is -1.90. The van der Waals surface area contributed by atoms with Crippen LogP contribution in [0.1, 0.15) is 11.1 Å². The number of benzene rings is 2. The fourth-order valence-corrected chi connectivity index (χ4v) is 1.60. The van der Waals surface area contributed by atoms with Crippen molar-refractivity contribution in [3.8, 4) is 11.5 Å². The molecule has 2 aromatic rings. The van der Waals surface area contributed by atoms with Gasteiger partial charge in [0, 0.05) is 23.6 Å². The van der Waals surface area contributed by atoms with Gasteiger partial charge in [-0.05, 0) is 30.3 Å². The van der Waals surface area contributed by atoms with E-state index in [9.17, 15) is 10.2 Å². The van der Waals surface area contributed by atoms with Gasteiger partial charge in [-0.1, -0.05) is 30.8 Å². The van der Waals surface area contributed by atoms with Crippen molar-refractivity contribution in [2.75, 3.05) is 0 Å². The Morgan fingerprint density at radius 3 is 1.62 bits per heavy atom. The Bertz CT molecular complexity index is 622. The zero-order valence-corrected chi connectivity index (χ0v) is 11.3. The van der Waals surface area contributed by atoms with Gasteiger partial charge in [-0.2, -0.15) is 0 Å². The Hall–Kier alpha value is -2.88. The second kappa shape index (κ2) is 7.05. The van der Waals surface area contributed by atoms with Gasteiger partial charge in [-0.3, -0.25) is 9.98 Å². The van der Waals surface area contributed by atoms with E-state index >= 15 is 0 Å². The fraction of sp³-hybridized carbons (Fsp3) is 0. The third-order valence-corrected chi connectivity index (χ3v) is 2.73. The zero-order chi connectivity index (χ0) is 15.1. The van der Waals surface area contributed by atoms with Gasteiger partial charge in [0.1, 0.15) is 11.5 Å². The van der Waals surface area contributed by atoms with Gasteiger partial charge in [0.15, 0.2) is 0 Å². The lowest BCUT2D eigenvalue weighted by atomic mass is 10.2. The fourth-order valence-electron chi connectivity index (χ4n) is 1.60. The van der Waals surface area contributed by atoms with Crippen molar-refractivity contribution < 1.29 is 10.2 Å². The minimum absolute atomic E-state index is 0.148. The van der Waals surface area contributed by atoms with Crippen LogP contribution in [0.15, 0.2) is 71.2 Å². The van der Waals surface area contributed by atoms with E-state index in [0.29, 0.717) is 17.3 Å². The molecule has 0 bridgehead atoms. The summed E-state index contributed by atoms with van der Waals surface area (Å²) in [5.74, 6) is 0.295. The molecule has 0 spiro atoms. The monoisotopic (exact) mass is 279 g/mol. The highest BCUT2D eigenvalue weighted by atomic mass is 16.3. The molecule has 4 nitrogen and oxygen atoms in total. The van der Waals surface area contributed by atoms with Crippen molar-refractivity contribution in [3.05, 3.63) is 78.5 Å². The summed E-state index contributed by atoms with van der Waals surface area (Å²) in [6, 6.07) is 13.7. The molecule has 21 heavy (non-hydrogen) atoms. The Morgan fingerprint density at radius 2 is 1.24 bits per heavy atom. The number of phenolic OH excluding ortho intramolecular Hbond substituents is 2. The van der Waals surface area contributed by atoms with E-state index in [2.05, 4.69) is 16.6 Å². The first-order valence-electron chi connectivity index (χ1n) is 6.34. The summed E-state index contributed by atoms with van der Waals surface area (Å²) >= 11 is 0. The molecule has 0 aromatic heterocycles. The standard InChI is InChI=1S/C17H15N2O2/c1-2-17(18-11-13-7-3-5-9-15(13)20)19-12-14-8-4-6-10-16(14)21/h2-12,20-21H,1H2/b18-11+,19-12+. The first-order valence-corrected chi connectivity index (χ1v) is 6.34. The maximum absolute atomic E-state index is 9.64. The number of para-hydroxylation sites is 2. The van der Waals surface area contributed by atoms with E-state index in [-0.39, 0.29) is 11.5 Å². The van der Waals surface area contributed by atoms with E-state index in [1.807, 2.05) is 0 Å². The van der Waals surface area contributed by atoms with Crippen LogP contribution < -0.4 is 0 Å². The molecular formula is C17H15N2O2. The predicted molar refractivity (Wildman–Crippen MR) is 84.8 cm³/mol. The summed E-state index contributed by atoms with van der Waals surface area (Å²) in [7, 11) is 0. The SMILES string of the molecule is C=C[C](/N=C/c1ccccc1O)/N=C/c1ccccc1O. The highest BCUT2D eigenvalue weighted by Gasteiger charge is 2.01. The summed E-state index contributed by atoms with van der Waals surface area (Å²) in [4.78, 5) is 8.30. The zero-order valence-electron chi connectivity index (χ0n) is 11.3. The van der Waals surface area contributed by atoms with Crippen molar-refractivity contribution in [2.24, 2.45) is 9.98 Å². The van der Waals surface area contributed by atoms with Gasteiger partial charge < -0.3 is 10.2 Å². The summed E-state index contributed by atoms with van der Waals surface area (Å²) in [5, 5.41) is 19.3. The van der Waals surface area contributed by atoms with Gasteiger partial charge in [-0.25, -0.2) is 0 Å². The van der Waals surface area contributed by atoms with Gasteiger partial charge in [0.25, 0.3) is 0 Å². The predicted octanol–water partition coefficient (Wildman–Crippen LogP) is 3.31. The van der Waals surface area contributed by atoms with E-state index < -0.39 is 0 Å². The van der Waals surface area contributed by atoms with E-state index in [1.54, 1.807) is 48.5 Å². The number of rotatable bonds is 5. The molecule has 0 aliphatic rings. The molecule has 1 radical (unpaired) electrons. The van der Waals surface area contributed by atoms with Crippen LogP contribution >= 0.6 is 0 Å². The third-order valence-electron chi connectivity index (χ3n) is 2.73. The number of hydrogen-bond donors (Lipinski definition) is 2. The van der Waals surface area contributed by atoms with Crippen LogP contribution in [0.4, 0.5) is 0 Å². The molecule has 0 amide bonds. The Labute approximate surface area is 123 Å². The number of nitrogens with zero attached hydrogens (tertiary/aromatic N) is 2. The summed E-state index contributed by atoms with van der Waals surface area (Å²) in [5.41, 5.74) is 1.18. The summed E-state index contributed by atoms with van der Waals surface area (Å²) in [6.45, 7) is 3.64. The lowest BCUT2D eigenvalue weighted by Gasteiger charge is -2.01. The molecule has 0 heterocycles. The average molecular weight is 279 g/mol.